The third-order valence-corrected chi connectivity index (χ3v) is 1.68. The van der Waals surface area contributed by atoms with Crippen LogP contribution in [0.25, 0.3) is 15.9 Å². The predicted molar refractivity (Wildman–Crippen MR) is 44.1 cm³/mol. The zero-order chi connectivity index (χ0) is 9.26. The van der Waals surface area contributed by atoms with Crippen molar-refractivity contribution in [1.82, 2.24) is 15.0 Å². The van der Waals surface area contributed by atoms with Gasteiger partial charge in [0, 0.05) is 6.07 Å². The Kier molecular flexibility index (Phi) is 1.67. The van der Waals surface area contributed by atoms with E-state index < -0.39 is 0 Å². The Labute approximate surface area is 73.4 Å². The molecule has 0 amide bonds. The van der Waals surface area contributed by atoms with Gasteiger partial charge in [0.2, 0.25) is 0 Å². The van der Waals surface area contributed by atoms with Gasteiger partial charge < -0.3 is 0 Å². The lowest BCUT2D eigenvalue weighted by Crippen LogP contribution is -1.95. The second-order valence-electron chi connectivity index (χ2n) is 2.52. The van der Waals surface area contributed by atoms with Crippen LogP contribution in [0.2, 0.25) is 0 Å². The van der Waals surface area contributed by atoms with Crippen molar-refractivity contribution in [2.24, 2.45) is 0 Å². The van der Waals surface area contributed by atoms with E-state index in [4.69, 9.17) is 6.57 Å². The molecule has 0 fully saturated rings. The molecule has 0 unspecified atom stereocenters. The highest BCUT2D eigenvalue weighted by Gasteiger charge is 2.05. The summed E-state index contributed by atoms with van der Waals surface area (Å²) >= 11 is 0. The molecule has 0 atom stereocenters. The van der Waals surface area contributed by atoms with Crippen molar-refractivity contribution >= 4 is 11.0 Å². The van der Waals surface area contributed by atoms with Crippen molar-refractivity contribution in [2.75, 3.05) is 0 Å². The minimum atomic E-state index is -0.345. The molecule has 4 nitrogen and oxygen atoms in total. The summed E-state index contributed by atoms with van der Waals surface area (Å²) in [5.74, 6) is -0.345. The lowest BCUT2D eigenvalue weighted by molar-refractivity contribution is 0.629. The quantitative estimate of drug-likeness (QED) is 0.616. The molecule has 0 saturated carbocycles. The van der Waals surface area contributed by atoms with Crippen LogP contribution < -0.4 is 0 Å². The Morgan fingerprint density at radius 2 is 2.38 bits per heavy atom. The third kappa shape index (κ3) is 1.22. The standard InChI is InChI=1S/C8H5FN4/c1-10-5-13-8-3-2-6(9)4-7(8)11-12-13/h2-4H,5H2. The number of benzene rings is 1. The number of hydrogen-bond donors (Lipinski definition) is 0. The van der Waals surface area contributed by atoms with Gasteiger partial charge in [-0.1, -0.05) is 5.21 Å². The second kappa shape index (κ2) is 2.83. The molecule has 0 saturated heterocycles. The van der Waals surface area contributed by atoms with Crippen LogP contribution in [0.4, 0.5) is 4.39 Å². The lowest BCUT2D eigenvalue weighted by atomic mass is 10.3. The maximum Gasteiger partial charge on any atom is 0.309 e. The first kappa shape index (κ1) is 7.68. The van der Waals surface area contributed by atoms with E-state index in [-0.39, 0.29) is 12.5 Å². The van der Waals surface area contributed by atoms with Gasteiger partial charge in [-0.3, -0.25) is 4.85 Å². The molecule has 1 aromatic carbocycles. The van der Waals surface area contributed by atoms with E-state index in [1.54, 1.807) is 6.07 Å². The molecule has 1 heterocycles. The summed E-state index contributed by atoms with van der Waals surface area (Å²) in [6.45, 7) is 6.77. The molecule has 5 heteroatoms. The van der Waals surface area contributed by atoms with Gasteiger partial charge in [0.25, 0.3) is 0 Å². The first-order valence-corrected chi connectivity index (χ1v) is 3.63. The fourth-order valence-electron chi connectivity index (χ4n) is 1.12. The van der Waals surface area contributed by atoms with Gasteiger partial charge >= 0.3 is 6.67 Å². The van der Waals surface area contributed by atoms with Gasteiger partial charge in [0.1, 0.15) is 11.3 Å². The maximum absolute atomic E-state index is 12.7. The molecule has 0 aliphatic rings. The molecular weight excluding hydrogens is 171 g/mol. The van der Waals surface area contributed by atoms with Crippen LogP contribution in [-0.2, 0) is 6.67 Å². The van der Waals surface area contributed by atoms with Crippen LogP contribution >= 0.6 is 0 Å². The number of halogens is 1. The van der Waals surface area contributed by atoms with Gasteiger partial charge in [-0.2, -0.15) is 4.68 Å². The Hall–Kier alpha value is -1.96. The molecule has 13 heavy (non-hydrogen) atoms. The molecule has 0 spiro atoms. The van der Waals surface area contributed by atoms with Crippen molar-refractivity contribution in [3.05, 3.63) is 35.4 Å². The summed E-state index contributed by atoms with van der Waals surface area (Å²) in [5, 5.41) is 7.44. The fourth-order valence-corrected chi connectivity index (χ4v) is 1.12. The highest BCUT2D eigenvalue weighted by atomic mass is 19.1. The molecule has 1 aromatic heterocycles. The fraction of sp³-hybridized carbons (Fsp3) is 0.125. The van der Waals surface area contributed by atoms with Gasteiger partial charge in [-0.15, -0.1) is 5.10 Å². The average Bonchev–Trinajstić information content (AvgIpc) is 2.49. The van der Waals surface area contributed by atoms with Crippen molar-refractivity contribution in [2.45, 2.75) is 6.67 Å². The van der Waals surface area contributed by atoms with Gasteiger partial charge in [-0.05, 0) is 12.1 Å². The minimum absolute atomic E-state index is 0.113. The van der Waals surface area contributed by atoms with Crippen molar-refractivity contribution in [3.8, 4) is 0 Å². The van der Waals surface area contributed by atoms with Gasteiger partial charge in [0.05, 0.1) is 5.52 Å². The van der Waals surface area contributed by atoms with Crippen molar-refractivity contribution in [3.63, 3.8) is 0 Å². The molecule has 0 radical (unpaired) electrons. The second-order valence-corrected chi connectivity index (χ2v) is 2.52. The highest BCUT2D eigenvalue weighted by molar-refractivity contribution is 5.74. The Morgan fingerprint density at radius 3 is 3.15 bits per heavy atom. The zero-order valence-corrected chi connectivity index (χ0v) is 6.61. The normalized spacial score (nSPS) is 10.2. The molecule has 0 aliphatic carbocycles. The number of aromatic nitrogens is 3. The first-order chi connectivity index (χ1) is 6.31. The van der Waals surface area contributed by atoms with Crippen molar-refractivity contribution in [1.29, 1.82) is 0 Å². The van der Waals surface area contributed by atoms with E-state index in [9.17, 15) is 4.39 Å². The van der Waals surface area contributed by atoms with Crippen LogP contribution in [0.5, 0.6) is 0 Å². The Bertz CT molecular complexity index is 482. The first-order valence-electron chi connectivity index (χ1n) is 3.63. The average molecular weight is 176 g/mol. The summed E-state index contributed by atoms with van der Waals surface area (Å²) in [4.78, 5) is 3.17. The molecule has 2 rings (SSSR count). The van der Waals surface area contributed by atoms with E-state index in [2.05, 4.69) is 15.2 Å². The molecule has 0 aliphatic heterocycles. The van der Waals surface area contributed by atoms with Crippen LogP contribution in [0, 0.1) is 12.4 Å². The maximum atomic E-state index is 12.7. The predicted octanol–water partition coefficient (Wildman–Crippen LogP) is 1.45. The molecule has 2 aromatic rings. The van der Waals surface area contributed by atoms with Gasteiger partial charge in [0.15, 0.2) is 0 Å². The Morgan fingerprint density at radius 1 is 1.54 bits per heavy atom. The lowest BCUT2D eigenvalue weighted by Gasteiger charge is -1.91. The summed E-state index contributed by atoms with van der Waals surface area (Å²) in [7, 11) is 0. The third-order valence-electron chi connectivity index (χ3n) is 1.68. The number of nitrogens with zero attached hydrogens (tertiary/aromatic N) is 4. The van der Waals surface area contributed by atoms with E-state index >= 15 is 0 Å². The summed E-state index contributed by atoms with van der Waals surface area (Å²) in [6, 6.07) is 4.19. The van der Waals surface area contributed by atoms with Gasteiger partial charge in [-0.25, -0.2) is 11.0 Å². The highest BCUT2D eigenvalue weighted by Crippen LogP contribution is 2.11. The van der Waals surface area contributed by atoms with Crippen LogP contribution in [0.15, 0.2) is 18.2 Å². The van der Waals surface area contributed by atoms with E-state index in [0.29, 0.717) is 11.0 Å². The molecule has 0 N–H and O–H groups in total. The van der Waals surface area contributed by atoms with E-state index in [0.717, 1.165) is 0 Å². The number of fused-ring (bicyclic) bond motifs is 1. The Balaban J connectivity index is 2.63. The van der Waals surface area contributed by atoms with Crippen LogP contribution in [0.1, 0.15) is 0 Å². The number of hydrogen-bond acceptors (Lipinski definition) is 2. The minimum Gasteiger partial charge on any atom is -0.291 e. The van der Waals surface area contributed by atoms with E-state index in [1.165, 1.54) is 16.8 Å². The summed E-state index contributed by atoms with van der Waals surface area (Å²) < 4.78 is 14.1. The SMILES string of the molecule is [C-]#[N+]Cn1nnc2cc(F)ccc21. The zero-order valence-electron chi connectivity index (χ0n) is 6.61. The smallest absolute Gasteiger partial charge is 0.291 e. The van der Waals surface area contributed by atoms with Crippen LogP contribution in [-0.4, -0.2) is 15.0 Å². The van der Waals surface area contributed by atoms with Crippen LogP contribution in [0.3, 0.4) is 0 Å². The van der Waals surface area contributed by atoms with Crippen molar-refractivity contribution < 1.29 is 4.39 Å². The monoisotopic (exact) mass is 176 g/mol. The molecule has 64 valence electrons. The number of rotatable bonds is 1. The topological polar surface area (TPSA) is 35.1 Å². The summed E-state index contributed by atoms with van der Waals surface area (Å²) in [6.07, 6.45) is 0. The summed E-state index contributed by atoms with van der Waals surface area (Å²) in [5.41, 5.74) is 1.15. The molecular formula is C8H5FN4. The van der Waals surface area contributed by atoms with E-state index in [1.807, 2.05) is 0 Å². The molecule has 0 bridgehead atoms. The largest absolute Gasteiger partial charge is 0.309 e.